The Kier molecular flexibility index (Phi) is 9.76. The lowest BCUT2D eigenvalue weighted by Crippen LogP contribution is -2.52. The van der Waals surface area contributed by atoms with E-state index in [4.69, 9.17) is 23.2 Å². The first-order valence-electron chi connectivity index (χ1n) is 11.8. The summed E-state index contributed by atoms with van der Waals surface area (Å²) in [5, 5.41) is 3.48. The van der Waals surface area contributed by atoms with Crippen molar-refractivity contribution in [1.29, 1.82) is 0 Å². The van der Waals surface area contributed by atoms with Crippen LogP contribution < -0.4 is 9.62 Å². The number of carbonyl (C=O) groups is 2. The molecule has 0 aliphatic rings. The smallest absolute Gasteiger partial charge is 0.264 e. The molecule has 0 bridgehead atoms. The van der Waals surface area contributed by atoms with Gasteiger partial charge in [0.2, 0.25) is 11.8 Å². The third-order valence-electron chi connectivity index (χ3n) is 5.68. The number of para-hydroxylation sites is 1. The third kappa shape index (κ3) is 7.24. The lowest BCUT2D eigenvalue weighted by molar-refractivity contribution is -0.139. The van der Waals surface area contributed by atoms with Crippen molar-refractivity contribution in [2.24, 2.45) is 0 Å². The molecular formula is C27H28Cl2FN3O4S. The number of carbonyl (C=O) groups excluding carboxylic acids is 2. The van der Waals surface area contributed by atoms with Crippen LogP contribution in [0, 0.1) is 5.82 Å². The van der Waals surface area contributed by atoms with Crippen LogP contribution in [-0.4, -0.2) is 43.8 Å². The van der Waals surface area contributed by atoms with Gasteiger partial charge < -0.3 is 10.2 Å². The number of benzene rings is 3. The van der Waals surface area contributed by atoms with Crippen molar-refractivity contribution < 1.29 is 22.4 Å². The molecule has 3 aromatic rings. The molecule has 11 heteroatoms. The summed E-state index contributed by atoms with van der Waals surface area (Å²) in [7, 11) is -4.28. The number of hydrogen-bond donors (Lipinski definition) is 1. The average Bonchev–Trinajstić information content (AvgIpc) is 2.86. The molecule has 1 atom stereocenters. The van der Waals surface area contributed by atoms with Crippen molar-refractivity contribution in [3.63, 3.8) is 0 Å². The van der Waals surface area contributed by atoms with Gasteiger partial charge in [-0.25, -0.2) is 12.8 Å². The van der Waals surface area contributed by atoms with Gasteiger partial charge in [0, 0.05) is 22.6 Å². The highest BCUT2D eigenvalue weighted by Gasteiger charge is 2.33. The summed E-state index contributed by atoms with van der Waals surface area (Å²) in [5.74, 6) is -1.65. The Morgan fingerprint density at radius 3 is 2.16 bits per heavy atom. The molecule has 0 radical (unpaired) electrons. The first kappa shape index (κ1) is 29.4. The topological polar surface area (TPSA) is 86.8 Å². The Morgan fingerprint density at radius 2 is 1.58 bits per heavy atom. The van der Waals surface area contributed by atoms with Crippen molar-refractivity contribution >= 4 is 50.7 Å². The highest BCUT2D eigenvalue weighted by molar-refractivity contribution is 7.92. The maximum atomic E-state index is 13.8. The molecule has 0 saturated carbocycles. The van der Waals surface area contributed by atoms with E-state index < -0.39 is 40.2 Å². The summed E-state index contributed by atoms with van der Waals surface area (Å²) in [6, 6.07) is 16.0. The van der Waals surface area contributed by atoms with Gasteiger partial charge in [0.1, 0.15) is 18.4 Å². The van der Waals surface area contributed by atoms with E-state index in [0.29, 0.717) is 15.6 Å². The van der Waals surface area contributed by atoms with Gasteiger partial charge in [-0.1, -0.05) is 47.5 Å². The first-order chi connectivity index (χ1) is 17.9. The number of hydrogen-bond acceptors (Lipinski definition) is 4. The minimum atomic E-state index is -4.28. The van der Waals surface area contributed by atoms with Crippen LogP contribution in [0.15, 0.2) is 77.7 Å². The van der Waals surface area contributed by atoms with Crippen molar-refractivity contribution in [2.45, 2.75) is 44.3 Å². The Labute approximate surface area is 232 Å². The van der Waals surface area contributed by atoms with Crippen LogP contribution in [0.3, 0.4) is 0 Å². The summed E-state index contributed by atoms with van der Waals surface area (Å²) < 4.78 is 41.7. The average molecular weight is 581 g/mol. The van der Waals surface area contributed by atoms with E-state index in [1.807, 2.05) is 0 Å². The quantitative estimate of drug-likeness (QED) is 0.354. The Balaban J connectivity index is 2.02. The van der Waals surface area contributed by atoms with Crippen LogP contribution >= 0.6 is 23.2 Å². The molecule has 0 heterocycles. The van der Waals surface area contributed by atoms with Gasteiger partial charge in [0.25, 0.3) is 10.0 Å². The van der Waals surface area contributed by atoms with Crippen molar-refractivity contribution in [3.05, 3.63) is 94.2 Å². The summed E-state index contributed by atoms with van der Waals surface area (Å²) in [6.07, 6.45) is 0. The van der Waals surface area contributed by atoms with Gasteiger partial charge in [-0.2, -0.15) is 0 Å². The van der Waals surface area contributed by atoms with Crippen molar-refractivity contribution in [3.8, 4) is 0 Å². The zero-order valence-corrected chi connectivity index (χ0v) is 23.4. The van der Waals surface area contributed by atoms with Crippen LogP contribution in [0.2, 0.25) is 10.0 Å². The zero-order valence-electron chi connectivity index (χ0n) is 21.1. The predicted molar refractivity (Wildman–Crippen MR) is 147 cm³/mol. The maximum absolute atomic E-state index is 13.8. The zero-order chi connectivity index (χ0) is 28.0. The fourth-order valence-corrected chi connectivity index (χ4v) is 5.56. The van der Waals surface area contributed by atoms with E-state index in [0.717, 1.165) is 28.6 Å². The van der Waals surface area contributed by atoms with Crippen LogP contribution in [-0.2, 0) is 26.2 Å². The second kappa shape index (κ2) is 12.6. The van der Waals surface area contributed by atoms with E-state index in [9.17, 15) is 22.4 Å². The highest BCUT2D eigenvalue weighted by atomic mass is 35.5. The summed E-state index contributed by atoms with van der Waals surface area (Å²) in [6.45, 7) is 4.45. The van der Waals surface area contributed by atoms with Gasteiger partial charge in [-0.3, -0.25) is 13.9 Å². The molecule has 38 heavy (non-hydrogen) atoms. The second-order valence-electron chi connectivity index (χ2n) is 8.90. The highest BCUT2D eigenvalue weighted by Crippen LogP contribution is 2.26. The lowest BCUT2D eigenvalue weighted by atomic mass is 10.1. The normalized spacial score (nSPS) is 12.2. The van der Waals surface area contributed by atoms with E-state index in [2.05, 4.69) is 5.32 Å². The number of sulfonamides is 1. The molecule has 0 aromatic heterocycles. The van der Waals surface area contributed by atoms with Crippen molar-refractivity contribution in [2.75, 3.05) is 10.8 Å². The Morgan fingerprint density at radius 1 is 0.947 bits per heavy atom. The minimum Gasteiger partial charge on any atom is -0.352 e. The molecule has 0 saturated heterocycles. The molecular weight excluding hydrogens is 552 g/mol. The molecule has 2 amide bonds. The molecule has 0 aliphatic heterocycles. The number of nitrogens with one attached hydrogen (secondary N) is 1. The minimum absolute atomic E-state index is 0.0687. The molecule has 0 unspecified atom stereocenters. The van der Waals surface area contributed by atoms with Crippen LogP contribution in [0.25, 0.3) is 0 Å². The fraction of sp³-hybridized carbons (Fsp3) is 0.259. The number of nitrogens with zero attached hydrogens (tertiary/aromatic N) is 2. The van der Waals surface area contributed by atoms with Crippen LogP contribution in [0.5, 0.6) is 0 Å². The SMILES string of the molecule is CC(C)NC(=O)[C@@H](C)N(Cc1ccc(Cl)cc1Cl)C(=O)CN(c1ccccc1)S(=O)(=O)c1ccc(F)cc1. The van der Waals surface area contributed by atoms with E-state index in [1.54, 1.807) is 63.2 Å². The standard InChI is InChI=1S/C27H28Cl2FN3O4S/c1-18(2)31-27(35)19(3)32(16-20-9-10-21(28)15-25(20)29)26(34)17-33(23-7-5-4-6-8-23)38(36,37)24-13-11-22(30)12-14-24/h4-15,18-19H,16-17H2,1-3H3,(H,31,35)/t19-/m1/s1. The monoisotopic (exact) mass is 579 g/mol. The molecule has 0 aliphatic carbocycles. The number of anilines is 1. The molecule has 0 fully saturated rings. The summed E-state index contributed by atoms with van der Waals surface area (Å²) >= 11 is 12.4. The first-order valence-corrected chi connectivity index (χ1v) is 14.0. The fourth-order valence-electron chi connectivity index (χ4n) is 3.68. The molecule has 3 rings (SSSR count). The molecule has 3 aromatic carbocycles. The number of amides is 2. The van der Waals surface area contributed by atoms with E-state index >= 15 is 0 Å². The molecule has 7 nitrogen and oxygen atoms in total. The van der Waals surface area contributed by atoms with Gasteiger partial charge in [0.05, 0.1) is 10.6 Å². The predicted octanol–water partition coefficient (Wildman–Crippen LogP) is 5.27. The van der Waals surface area contributed by atoms with Crippen molar-refractivity contribution in [1.82, 2.24) is 10.2 Å². The Hall–Kier alpha value is -3.14. The van der Waals surface area contributed by atoms with Gasteiger partial charge in [-0.15, -0.1) is 0 Å². The van der Waals surface area contributed by atoms with E-state index in [1.165, 1.54) is 11.0 Å². The number of halogens is 3. The maximum Gasteiger partial charge on any atom is 0.264 e. The third-order valence-corrected chi connectivity index (χ3v) is 8.05. The van der Waals surface area contributed by atoms with Crippen LogP contribution in [0.1, 0.15) is 26.3 Å². The molecule has 0 spiro atoms. The molecule has 1 N–H and O–H groups in total. The summed E-state index contributed by atoms with van der Waals surface area (Å²) in [4.78, 5) is 27.8. The lowest BCUT2D eigenvalue weighted by Gasteiger charge is -2.32. The van der Waals surface area contributed by atoms with Gasteiger partial charge in [-0.05, 0) is 74.9 Å². The Bertz CT molecular complexity index is 1390. The van der Waals surface area contributed by atoms with Gasteiger partial charge in [0.15, 0.2) is 0 Å². The molecule has 202 valence electrons. The second-order valence-corrected chi connectivity index (χ2v) is 11.6. The largest absolute Gasteiger partial charge is 0.352 e. The van der Waals surface area contributed by atoms with E-state index in [-0.39, 0.29) is 23.2 Å². The van der Waals surface area contributed by atoms with Crippen LogP contribution in [0.4, 0.5) is 10.1 Å². The summed E-state index contributed by atoms with van der Waals surface area (Å²) in [5.41, 5.74) is 0.759. The van der Waals surface area contributed by atoms with Gasteiger partial charge >= 0.3 is 0 Å². The number of rotatable bonds is 10.